The molecule has 0 aromatic heterocycles. The quantitative estimate of drug-likeness (QED) is 0.373. The van der Waals surface area contributed by atoms with Crippen LogP contribution in [0.4, 0.5) is 5.69 Å². The van der Waals surface area contributed by atoms with Gasteiger partial charge in [-0.2, -0.15) is 0 Å². The molecule has 1 aliphatic heterocycles. The van der Waals surface area contributed by atoms with Crippen LogP contribution in [0.5, 0.6) is 5.75 Å². The van der Waals surface area contributed by atoms with Crippen LogP contribution in [0.1, 0.15) is 25.7 Å². The summed E-state index contributed by atoms with van der Waals surface area (Å²) in [7, 11) is 3.53. The molecule has 140 valence electrons. The molecule has 5 nitrogen and oxygen atoms in total. The van der Waals surface area contributed by atoms with Crippen LogP contribution in [0.3, 0.4) is 0 Å². The summed E-state index contributed by atoms with van der Waals surface area (Å²) in [4.78, 5) is 6.66. The van der Waals surface area contributed by atoms with Gasteiger partial charge in [0.15, 0.2) is 5.96 Å². The molecule has 1 atom stereocenters. The highest BCUT2D eigenvalue weighted by Gasteiger charge is 2.26. The van der Waals surface area contributed by atoms with E-state index in [1.54, 1.807) is 7.11 Å². The normalized spacial score (nSPS) is 20.2. The lowest BCUT2D eigenvalue weighted by Crippen LogP contribution is -2.44. The summed E-state index contributed by atoms with van der Waals surface area (Å²) in [5.74, 6) is 2.71. The Hall–Kier alpha value is -0.890. The lowest BCUT2D eigenvalue weighted by Gasteiger charge is -2.22. The standard InChI is InChI=1S/C18H27ClN4O.HI/c1-20-18(21-9-7-13-3-4-13)22-15-8-10-23(12-15)16-11-14(19)5-6-17(16)24-2;/h5-6,11,13,15H,3-4,7-10,12H2,1-2H3,(H2,20,21,22);1H. The zero-order valence-electron chi connectivity index (χ0n) is 14.9. The molecule has 0 amide bonds. The number of nitrogens with one attached hydrogen (secondary N) is 2. The number of aliphatic imine (C=N–C) groups is 1. The van der Waals surface area contributed by atoms with Crippen molar-refractivity contribution in [3.8, 4) is 5.75 Å². The van der Waals surface area contributed by atoms with Crippen LogP contribution in [0, 0.1) is 5.92 Å². The average molecular weight is 479 g/mol. The number of hydrogen-bond acceptors (Lipinski definition) is 3. The van der Waals surface area contributed by atoms with Crippen molar-refractivity contribution in [1.82, 2.24) is 10.6 Å². The van der Waals surface area contributed by atoms with Crippen LogP contribution in [-0.4, -0.2) is 45.8 Å². The maximum atomic E-state index is 6.16. The summed E-state index contributed by atoms with van der Waals surface area (Å²) >= 11 is 6.16. The Morgan fingerprint density at radius 1 is 1.36 bits per heavy atom. The van der Waals surface area contributed by atoms with E-state index in [2.05, 4.69) is 20.5 Å². The third kappa shape index (κ3) is 5.81. The van der Waals surface area contributed by atoms with Gasteiger partial charge in [0.05, 0.1) is 12.8 Å². The second-order valence-corrected chi connectivity index (χ2v) is 7.06. The first-order valence-electron chi connectivity index (χ1n) is 8.75. The molecule has 1 aromatic carbocycles. The summed E-state index contributed by atoms with van der Waals surface area (Å²) in [5.41, 5.74) is 1.06. The number of nitrogens with zero attached hydrogens (tertiary/aromatic N) is 2. The van der Waals surface area contributed by atoms with Crippen molar-refractivity contribution in [2.24, 2.45) is 10.9 Å². The molecule has 7 heteroatoms. The minimum atomic E-state index is 0. The van der Waals surface area contributed by atoms with Gasteiger partial charge >= 0.3 is 0 Å². The molecule has 0 radical (unpaired) electrons. The van der Waals surface area contributed by atoms with Crippen LogP contribution in [-0.2, 0) is 0 Å². The van der Waals surface area contributed by atoms with Crippen LogP contribution >= 0.6 is 35.6 Å². The number of anilines is 1. The van der Waals surface area contributed by atoms with Crippen LogP contribution in [0.25, 0.3) is 0 Å². The van der Waals surface area contributed by atoms with E-state index < -0.39 is 0 Å². The van der Waals surface area contributed by atoms with E-state index in [0.717, 1.165) is 54.4 Å². The number of halogens is 2. The molecule has 3 rings (SSSR count). The Kier molecular flexibility index (Phi) is 7.93. The van der Waals surface area contributed by atoms with Gasteiger partial charge in [0, 0.05) is 37.7 Å². The lowest BCUT2D eigenvalue weighted by molar-refractivity contribution is 0.415. The van der Waals surface area contributed by atoms with E-state index in [1.807, 2.05) is 25.2 Å². The van der Waals surface area contributed by atoms with Gasteiger partial charge in [0.1, 0.15) is 5.75 Å². The predicted octanol–water partition coefficient (Wildman–Crippen LogP) is 3.51. The molecule has 1 aliphatic carbocycles. The average Bonchev–Trinajstić information content (AvgIpc) is 3.30. The van der Waals surface area contributed by atoms with Crippen molar-refractivity contribution >= 4 is 47.2 Å². The van der Waals surface area contributed by atoms with Crippen LogP contribution < -0.4 is 20.3 Å². The first kappa shape index (κ1) is 20.4. The fourth-order valence-electron chi connectivity index (χ4n) is 3.20. The number of rotatable bonds is 6. The number of hydrogen-bond donors (Lipinski definition) is 2. The second kappa shape index (κ2) is 9.71. The second-order valence-electron chi connectivity index (χ2n) is 6.62. The first-order chi connectivity index (χ1) is 11.7. The van der Waals surface area contributed by atoms with Gasteiger partial charge in [-0.1, -0.05) is 24.4 Å². The summed E-state index contributed by atoms with van der Waals surface area (Å²) in [5, 5.41) is 7.70. The van der Waals surface area contributed by atoms with E-state index in [0.29, 0.717) is 6.04 Å². The number of benzene rings is 1. The minimum Gasteiger partial charge on any atom is -0.495 e. The van der Waals surface area contributed by atoms with Crippen molar-refractivity contribution in [2.45, 2.75) is 31.7 Å². The Bertz CT molecular complexity index is 594. The summed E-state index contributed by atoms with van der Waals surface area (Å²) < 4.78 is 5.47. The molecule has 1 aromatic rings. The third-order valence-electron chi connectivity index (χ3n) is 4.78. The van der Waals surface area contributed by atoms with E-state index in [-0.39, 0.29) is 24.0 Å². The van der Waals surface area contributed by atoms with Crippen molar-refractivity contribution in [3.63, 3.8) is 0 Å². The summed E-state index contributed by atoms with van der Waals surface area (Å²) in [6.07, 6.45) is 5.11. The number of guanidine groups is 1. The molecular formula is C18H28ClIN4O. The van der Waals surface area contributed by atoms with Gasteiger partial charge in [-0.25, -0.2) is 0 Å². The van der Waals surface area contributed by atoms with Crippen LogP contribution in [0.2, 0.25) is 5.02 Å². The molecular weight excluding hydrogens is 451 g/mol. The monoisotopic (exact) mass is 478 g/mol. The molecule has 0 bridgehead atoms. The zero-order chi connectivity index (χ0) is 16.9. The topological polar surface area (TPSA) is 48.9 Å². The SMILES string of the molecule is CN=C(NCCC1CC1)NC1CCN(c2cc(Cl)ccc2OC)C1.I. The Morgan fingerprint density at radius 3 is 2.84 bits per heavy atom. The fourth-order valence-corrected chi connectivity index (χ4v) is 3.36. The number of methoxy groups -OCH3 is 1. The molecule has 2 aliphatic rings. The van der Waals surface area contributed by atoms with Gasteiger partial charge in [-0.3, -0.25) is 4.99 Å². The molecule has 1 saturated heterocycles. The predicted molar refractivity (Wildman–Crippen MR) is 116 cm³/mol. The van der Waals surface area contributed by atoms with E-state index in [1.165, 1.54) is 19.3 Å². The van der Waals surface area contributed by atoms with Gasteiger partial charge in [0.2, 0.25) is 0 Å². The van der Waals surface area contributed by atoms with Crippen molar-refractivity contribution in [2.75, 3.05) is 38.7 Å². The van der Waals surface area contributed by atoms with E-state index in [4.69, 9.17) is 16.3 Å². The van der Waals surface area contributed by atoms with Gasteiger partial charge < -0.3 is 20.3 Å². The molecule has 1 unspecified atom stereocenters. The molecule has 2 N–H and O–H groups in total. The van der Waals surface area contributed by atoms with Crippen LogP contribution in [0.15, 0.2) is 23.2 Å². The molecule has 1 heterocycles. The Labute approximate surface area is 172 Å². The first-order valence-corrected chi connectivity index (χ1v) is 9.13. The highest BCUT2D eigenvalue weighted by atomic mass is 127. The third-order valence-corrected chi connectivity index (χ3v) is 5.01. The lowest BCUT2D eigenvalue weighted by atomic mass is 10.2. The van der Waals surface area contributed by atoms with Gasteiger partial charge in [0.25, 0.3) is 0 Å². The van der Waals surface area contributed by atoms with E-state index >= 15 is 0 Å². The minimum absolute atomic E-state index is 0. The highest BCUT2D eigenvalue weighted by molar-refractivity contribution is 14.0. The zero-order valence-corrected chi connectivity index (χ0v) is 18.0. The molecule has 0 spiro atoms. The van der Waals surface area contributed by atoms with Crippen molar-refractivity contribution < 1.29 is 4.74 Å². The van der Waals surface area contributed by atoms with Crippen molar-refractivity contribution in [1.29, 1.82) is 0 Å². The Balaban J connectivity index is 0.00000225. The summed E-state index contributed by atoms with van der Waals surface area (Å²) in [6.45, 7) is 2.90. The van der Waals surface area contributed by atoms with Gasteiger partial charge in [-0.05, 0) is 37.0 Å². The van der Waals surface area contributed by atoms with Gasteiger partial charge in [-0.15, -0.1) is 24.0 Å². The highest BCUT2D eigenvalue weighted by Crippen LogP contribution is 2.33. The van der Waals surface area contributed by atoms with E-state index in [9.17, 15) is 0 Å². The fraction of sp³-hybridized carbons (Fsp3) is 0.611. The maximum Gasteiger partial charge on any atom is 0.191 e. The van der Waals surface area contributed by atoms with Crippen molar-refractivity contribution in [3.05, 3.63) is 23.2 Å². The molecule has 25 heavy (non-hydrogen) atoms. The largest absolute Gasteiger partial charge is 0.495 e. The smallest absolute Gasteiger partial charge is 0.191 e. The maximum absolute atomic E-state index is 6.16. The number of ether oxygens (including phenoxy) is 1. The molecule has 1 saturated carbocycles. The summed E-state index contributed by atoms with van der Waals surface area (Å²) in [6, 6.07) is 6.14. The Morgan fingerprint density at radius 2 is 2.16 bits per heavy atom. The molecule has 2 fully saturated rings.